The summed E-state index contributed by atoms with van der Waals surface area (Å²) in [6, 6.07) is 7.42. The Labute approximate surface area is 152 Å². The molecular weight excluding hydrogens is 332 g/mol. The van der Waals surface area contributed by atoms with E-state index in [1.807, 2.05) is 23.1 Å². The molecule has 3 aliphatic carbocycles. The Morgan fingerprint density at radius 1 is 1.19 bits per heavy atom. The molecule has 6 rings (SSSR count). The van der Waals surface area contributed by atoms with Crippen molar-refractivity contribution in [3.05, 3.63) is 29.8 Å². The van der Waals surface area contributed by atoms with Crippen molar-refractivity contribution in [3.63, 3.8) is 0 Å². The van der Waals surface area contributed by atoms with E-state index in [1.165, 1.54) is 0 Å². The Bertz CT molecular complexity index is 745. The van der Waals surface area contributed by atoms with E-state index < -0.39 is 5.72 Å². The first-order chi connectivity index (χ1) is 12.7. The molecule has 1 saturated heterocycles. The Balaban J connectivity index is 1.38. The van der Waals surface area contributed by atoms with Crippen LogP contribution in [-0.2, 0) is 9.53 Å². The third-order valence-corrected chi connectivity index (χ3v) is 6.61. The van der Waals surface area contributed by atoms with Gasteiger partial charge in [0.05, 0.1) is 18.8 Å². The lowest BCUT2D eigenvalue weighted by molar-refractivity contribution is -0.158. The summed E-state index contributed by atoms with van der Waals surface area (Å²) in [6.07, 6.45) is 3.55. The molecular formula is C20H24N2O4. The van der Waals surface area contributed by atoms with Crippen LogP contribution >= 0.6 is 0 Å². The normalized spacial score (nSPS) is 35.6. The number of hydrogen-bond acceptors (Lipinski definition) is 4. The van der Waals surface area contributed by atoms with Gasteiger partial charge in [0.25, 0.3) is 5.91 Å². The minimum absolute atomic E-state index is 0.0511. The Kier molecular flexibility index (Phi) is 3.71. The maximum absolute atomic E-state index is 13.0. The molecule has 5 aliphatic rings. The van der Waals surface area contributed by atoms with Crippen LogP contribution in [0.25, 0.3) is 0 Å². The summed E-state index contributed by atoms with van der Waals surface area (Å²) in [5.41, 5.74) is -0.0450. The molecule has 2 amide bonds. The second-order valence-electron chi connectivity index (χ2n) is 7.96. The molecule has 3 saturated carbocycles. The number of para-hydroxylation sites is 1. The summed E-state index contributed by atoms with van der Waals surface area (Å²) < 4.78 is 11.7. The maximum Gasteiger partial charge on any atom is 0.258 e. The minimum atomic E-state index is -0.643. The average molecular weight is 356 g/mol. The summed E-state index contributed by atoms with van der Waals surface area (Å²) in [6.45, 7) is 2.65. The number of fused-ring (bicyclic) bond motifs is 3. The zero-order chi connectivity index (χ0) is 17.7. The first-order valence-corrected chi connectivity index (χ1v) is 9.63. The van der Waals surface area contributed by atoms with Crippen LogP contribution in [0, 0.1) is 17.8 Å². The van der Waals surface area contributed by atoms with Gasteiger partial charge in [0.2, 0.25) is 5.91 Å². The van der Waals surface area contributed by atoms with Gasteiger partial charge in [-0.1, -0.05) is 12.1 Å². The number of hydrogen-bond donors (Lipinski definition) is 1. The van der Waals surface area contributed by atoms with Crippen molar-refractivity contribution in [1.82, 2.24) is 10.2 Å². The number of benzene rings is 1. The lowest BCUT2D eigenvalue weighted by Crippen LogP contribution is -2.67. The average Bonchev–Trinajstić information content (AvgIpc) is 2.68. The molecule has 1 aromatic rings. The van der Waals surface area contributed by atoms with E-state index in [9.17, 15) is 9.59 Å². The molecule has 26 heavy (non-hydrogen) atoms. The van der Waals surface area contributed by atoms with Crippen LogP contribution in [0.15, 0.2) is 24.3 Å². The van der Waals surface area contributed by atoms with Gasteiger partial charge < -0.3 is 19.7 Å². The molecule has 1 aromatic carbocycles. The minimum Gasteiger partial charge on any atom is -0.467 e. The van der Waals surface area contributed by atoms with Gasteiger partial charge in [-0.3, -0.25) is 9.59 Å². The highest BCUT2D eigenvalue weighted by Gasteiger charge is 2.57. The molecule has 0 aromatic heterocycles. The molecule has 6 heteroatoms. The van der Waals surface area contributed by atoms with E-state index in [2.05, 4.69) is 5.32 Å². The second-order valence-corrected chi connectivity index (χ2v) is 7.96. The number of morpholine rings is 1. The summed E-state index contributed by atoms with van der Waals surface area (Å²) in [5, 5.41) is 3.15. The topological polar surface area (TPSA) is 67.9 Å². The number of amides is 2. The molecule has 4 atom stereocenters. The monoisotopic (exact) mass is 356 g/mol. The van der Waals surface area contributed by atoms with Crippen LogP contribution in [-0.4, -0.2) is 48.7 Å². The standard InChI is InChI=1S/C20H24N2O4/c23-18-15-3-1-2-4-17(15)26-20(21-18)12-13-5-6-14(20)11-16(13)19(24)22-7-9-25-10-8-22/h1-4,13-14,16H,5-12H2,(H,21,23)/t13-,14-,16+,20+/m1/s1. The van der Waals surface area contributed by atoms with Gasteiger partial charge >= 0.3 is 0 Å². The van der Waals surface area contributed by atoms with Crippen LogP contribution in [0.5, 0.6) is 5.75 Å². The first-order valence-electron chi connectivity index (χ1n) is 9.63. The van der Waals surface area contributed by atoms with Gasteiger partial charge in [-0.2, -0.15) is 0 Å². The molecule has 138 valence electrons. The maximum atomic E-state index is 13.0. The summed E-state index contributed by atoms with van der Waals surface area (Å²) in [7, 11) is 0. The predicted molar refractivity (Wildman–Crippen MR) is 93.6 cm³/mol. The van der Waals surface area contributed by atoms with Gasteiger partial charge in [-0.05, 0) is 37.3 Å². The fourth-order valence-corrected chi connectivity index (χ4v) is 5.28. The molecule has 0 unspecified atom stereocenters. The van der Waals surface area contributed by atoms with Crippen molar-refractivity contribution >= 4 is 11.8 Å². The van der Waals surface area contributed by atoms with Crippen LogP contribution in [0.2, 0.25) is 0 Å². The van der Waals surface area contributed by atoms with Gasteiger partial charge in [0, 0.05) is 31.3 Å². The van der Waals surface area contributed by atoms with E-state index in [-0.39, 0.29) is 29.6 Å². The summed E-state index contributed by atoms with van der Waals surface area (Å²) in [4.78, 5) is 27.6. The van der Waals surface area contributed by atoms with E-state index in [4.69, 9.17) is 9.47 Å². The predicted octanol–water partition coefficient (Wildman–Crippen LogP) is 1.80. The lowest BCUT2D eigenvalue weighted by Gasteiger charge is -2.55. The van der Waals surface area contributed by atoms with Gasteiger partial charge in [-0.15, -0.1) is 0 Å². The van der Waals surface area contributed by atoms with Crippen LogP contribution < -0.4 is 10.1 Å². The van der Waals surface area contributed by atoms with E-state index in [0.717, 1.165) is 25.7 Å². The van der Waals surface area contributed by atoms with E-state index in [1.54, 1.807) is 6.07 Å². The molecule has 1 spiro atoms. The molecule has 4 fully saturated rings. The highest BCUT2D eigenvalue weighted by atomic mass is 16.5. The highest BCUT2D eigenvalue weighted by Crippen LogP contribution is 2.52. The van der Waals surface area contributed by atoms with Crippen molar-refractivity contribution in [2.45, 2.75) is 31.4 Å². The third-order valence-electron chi connectivity index (χ3n) is 6.61. The largest absolute Gasteiger partial charge is 0.467 e. The molecule has 6 nitrogen and oxygen atoms in total. The van der Waals surface area contributed by atoms with E-state index >= 15 is 0 Å². The Morgan fingerprint density at radius 3 is 2.77 bits per heavy atom. The Morgan fingerprint density at radius 2 is 2.00 bits per heavy atom. The fraction of sp³-hybridized carbons (Fsp3) is 0.600. The molecule has 0 radical (unpaired) electrons. The number of carbonyl (C=O) groups is 2. The number of ether oxygens (including phenoxy) is 2. The molecule has 2 aliphatic heterocycles. The number of nitrogens with zero attached hydrogens (tertiary/aromatic N) is 1. The number of carbonyl (C=O) groups excluding carboxylic acids is 2. The molecule has 1 N–H and O–H groups in total. The number of rotatable bonds is 1. The fourth-order valence-electron chi connectivity index (χ4n) is 5.28. The summed E-state index contributed by atoms with van der Waals surface area (Å²) >= 11 is 0. The van der Waals surface area contributed by atoms with Crippen molar-refractivity contribution < 1.29 is 19.1 Å². The van der Waals surface area contributed by atoms with Crippen LogP contribution in [0.3, 0.4) is 0 Å². The lowest BCUT2D eigenvalue weighted by atomic mass is 9.59. The SMILES string of the molecule is O=C1N[C@@]2(C[C@H]3CC[C@@H]2C[C@@H]3C(=O)N2CCOCC2)Oc2ccccc21. The van der Waals surface area contributed by atoms with Crippen molar-refractivity contribution in [2.75, 3.05) is 26.3 Å². The molecule has 2 heterocycles. The van der Waals surface area contributed by atoms with Gasteiger partial charge in [-0.25, -0.2) is 0 Å². The van der Waals surface area contributed by atoms with Crippen LogP contribution in [0.4, 0.5) is 0 Å². The first kappa shape index (κ1) is 16.1. The third kappa shape index (κ3) is 2.42. The van der Waals surface area contributed by atoms with Crippen molar-refractivity contribution in [1.29, 1.82) is 0 Å². The quantitative estimate of drug-likeness (QED) is 0.833. The second kappa shape index (κ2) is 5.98. The van der Waals surface area contributed by atoms with Crippen molar-refractivity contribution in [2.24, 2.45) is 17.8 Å². The van der Waals surface area contributed by atoms with Gasteiger partial charge in [0.1, 0.15) is 5.75 Å². The van der Waals surface area contributed by atoms with Crippen molar-refractivity contribution in [3.8, 4) is 5.75 Å². The van der Waals surface area contributed by atoms with Gasteiger partial charge in [0.15, 0.2) is 5.72 Å². The van der Waals surface area contributed by atoms with E-state index in [0.29, 0.717) is 37.6 Å². The number of nitrogens with one attached hydrogen (secondary N) is 1. The smallest absolute Gasteiger partial charge is 0.258 e. The Hall–Kier alpha value is -2.08. The highest BCUT2D eigenvalue weighted by molar-refractivity contribution is 5.98. The van der Waals surface area contributed by atoms with Crippen LogP contribution in [0.1, 0.15) is 36.0 Å². The zero-order valence-corrected chi connectivity index (χ0v) is 14.8. The molecule has 2 bridgehead atoms. The summed E-state index contributed by atoms with van der Waals surface area (Å²) in [5.74, 6) is 1.37. The zero-order valence-electron chi connectivity index (χ0n) is 14.8.